The van der Waals surface area contributed by atoms with E-state index in [4.69, 9.17) is 4.74 Å². The molecule has 124 valence electrons. The molecule has 0 aliphatic heterocycles. The smallest absolute Gasteiger partial charge is 0.407 e. The summed E-state index contributed by atoms with van der Waals surface area (Å²) in [5, 5.41) is 12.2. The molecule has 1 aliphatic rings. The van der Waals surface area contributed by atoms with Gasteiger partial charge in [0.05, 0.1) is 11.6 Å². The van der Waals surface area contributed by atoms with Crippen molar-refractivity contribution in [3.8, 4) is 0 Å². The fraction of sp³-hybridized carbons (Fsp3) is 0.263. The topological polar surface area (TPSA) is 75.6 Å². The Balaban J connectivity index is 1.68. The number of hydrogen-bond acceptors (Lipinski definition) is 3. The summed E-state index contributed by atoms with van der Waals surface area (Å²) >= 11 is 0. The van der Waals surface area contributed by atoms with Crippen LogP contribution in [0, 0.1) is 0 Å². The SMILES string of the molecule is O=C(NC1CCCc2c(C(=O)O)cccc21)OCc1ccccc1. The minimum atomic E-state index is -0.931. The number of benzene rings is 2. The van der Waals surface area contributed by atoms with Gasteiger partial charge in [-0.05, 0) is 42.0 Å². The van der Waals surface area contributed by atoms with Crippen LogP contribution in [-0.2, 0) is 17.8 Å². The number of carbonyl (C=O) groups is 2. The maximum absolute atomic E-state index is 12.1. The molecule has 24 heavy (non-hydrogen) atoms. The lowest BCUT2D eigenvalue weighted by Gasteiger charge is -2.27. The van der Waals surface area contributed by atoms with Crippen molar-refractivity contribution in [2.24, 2.45) is 0 Å². The number of alkyl carbamates (subject to hydrolysis) is 1. The Hall–Kier alpha value is -2.82. The first kappa shape index (κ1) is 16.1. The van der Waals surface area contributed by atoms with Gasteiger partial charge in [-0.3, -0.25) is 0 Å². The Morgan fingerprint density at radius 2 is 1.92 bits per heavy atom. The average molecular weight is 325 g/mol. The van der Waals surface area contributed by atoms with Gasteiger partial charge in [-0.25, -0.2) is 9.59 Å². The summed E-state index contributed by atoms with van der Waals surface area (Å²) in [4.78, 5) is 23.4. The van der Waals surface area contributed by atoms with E-state index in [-0.39, 0.29) is 12.6 Å². The van der Waals surface area contributed by atoms with Crippen molar-refractivity contribution >= 4 is 12.1 Å². The van der Waals surface area contributed by atoms with E-state index in [1.807, 2.05) is 36.4 Å². The molecular formula is C19H19NO4. The summed E-state index contributed by atoms with van der Waals surface area (Å²) in [7, 11) is 0. The predicted molar refractivity (Wildman–Crippen MR) is 88.8 cm³/mol. The number of fused-ring (bicyclic) bond motifs is 1. The maximum atomic E-state index is 12.1. The van der Waals surface area contributed by atoms with E-state index in [0.29, 0.717) is 5.56 Å². The van der Waals surface area contributed by atoms with Gasteiger partial charge in [0, 0.05) is 0 Å². The Morgan fingerprint density at radius 3 is 2.67 bits per heavy atom. The minimum absolute atomic E-state index is 0.210. The zero-order valence-corrected chi connectivity index (χ0v) is 13.2. The maximum Gasteiger partial charge on any atom is 0.407 e. The molecule has 0 heterocycles. The molecule has 5 nitrogen and oxygen atoms in total. The monoisotopic (exact) mass is 325 g/mol. The third kappa shape index (κ3) is 3.56. The zero-order chi connectivity index (χ0) is 16.9. The molecule has 3 rings (SSSR count). The fourth-order valence-corrected chi connectivity index (χ4v) is 3.11. The molecule has 1 atom stereocenters. The van der Waals surface area contributed by atoms with Crippen LogP contribution in [0.15, 0.2) is 48.5 Å². The van der Waals surface area contributed by atoms with Gasteiger partial charge in [-0.2, -0.15) is 0 Å². The molecular weight excluding hydrogens is 306 g/mol. The van der Waals surface area contributed by atoms with Crippen molar-refractivity contribution in [2.75, 3.05) is 0 Å². The number of amides is 1. The first-order chi connectivity index (χ1) is 11.6. The van der Waals surface area contributed by atoms with E-state index in [2.05, 4.69) is 5.32 Å². The lowest BCUT2D eigenvalue weighted by atomic mass is 9.85. The van der Waals surface area contributed by atoms with E-state index in [1.165, 1.54) is 0 Å². The van der Waals surface area contributed by atoms with Crippen molar-refractivity contribution in [1.29, 1.82) is 0 Å². The number of carbonyl (C=O) groups excluding carboxylic acids is 1. The van der Waals surface area contributed by atoms with Crippen molar-refractivity contribution < 1.29 is 19.4 Å². The Labute approximate surface area is 140 Å². The highest BCUT2D eigenvalue weighted by Crippen LogP contribution is 2.32. The third-order valence-electron chi connectivity index (χ3n) is 4.24. The lowest BCUT2D eigenvalue weighted by molar-refractivity contribution is 0.0695. The van der Waals surface area contributed by atoms with Crippen LogP contribution in [0.25, 0.3) is 0 Å². The number of rotatable bonds is 4. The summed E-state index contributed by atoms with van der Waals surface area (Å²) in [5.74, 6) is -0.931. The van der Waals surface area contributed by atoms with Crippen LogP contribution in [0.3, 0.4) is 0 Å². The zero-order valence-electron chi connectivity index (χ0n) is 13.2. The van der Waals surface area contributed by atoms with E-state index in [0.717, 1.165) is 36.0 Å². The molecule has 0 spiro atoms. The molecule has 2 N–H and O–H groups in total. The lowest BCUT2D eigenvalue weighted by Crippen LogP contribution is -2.32. The van der Waals surface area contributed by atoms with E-state index >= 15 is 0 Å². The van der Waals surface area contributed by atoms with Crippen LogP contribution in [0.2, 0.25) is 0 Å². The standard InChI is InChI=1S/C19H19NO4/c21-18(22)16-10-4-9-15-14(16)8-5-11-17(15)20-19(23)24-12-13-6-2-1-3-7-13/h1-4,6-7,9-10,17H,5,8,11-12H2,(H,20,23)(H,21,22). The normalized spacial score (nSPS) is 16.1. The second kappa shape index (κ2) is 7.17. The van der Waals surface area contributed by atoms with Crippen LogP contribution in [0.1, 0.15) is 45.9 Å². The molecule has 0 fully saturated rings. The van der Waals surface area contributed by atoms with Crippen molar-refractivity contribution in [2.45, 2.75) is 31.9 Å². The van der Waals surface area contributed by atoms with Crippen molar-refractivity contribution in [3.05, 3.63) is 70.8 Å². The molecule has 5 heteroatoms. The first-order valence-corrected chi connectivity index (χ1v) is 7.97. The Kier molecular flexibility index (Phi) is 4.79. The van der Waals surface area contributed by atoms with Gasteiger partial charge in [0.1, 0.15) is 6.61 Å². The van der Waals surface area contributed by atoms with Crippen LogP contribution in [0.4, 0.5) is 4.79 Å². The second-order valence-corrected chi connectivity index (χ2v) is 5.83. The molecule has 0 aromatic heterocycles. The molecule has 1 amide bonds. The molecule has 0 radical (unpaired) electrons. The number of carboxylic acid groups (broad SMARTS) is 1. The fourth-order valence-electron chi connectivity index (χ4n) is 3.11. The van der Waals surface area contributed by atoms with Gasteiger partial charge < -0.3 is 15.2 Å². The number of carboxylic acids is 1. The summed E-state index contributed by atoms with van der Waals surface area (Å²) in [6.45, 7) is 0.210. The highest BCUT2D eigenvalue weighted by Gasteiger charge is 2.25. The van der Waals surface area contributed by atoms with Gasteiger partial charge in [0.15, 0.2) is 0 Å². The third-order valence-corrected chi connectivity index (χ3v) is 4.24. The van der Waals surface area contributed by atoms with Crippen LogP contribution in [-0.4, -0.2) is 17.2 Å². The number of aromatic carboxylic acids is 1. The number of hydrogen-bond donors (Lipinski definition) is 2. The van der Waals surface area contributed by atoms with E-state index < -0.39 is 12.1 Å². The first-order valence-electron chi connectivity index (χ1n) is 7.97. The average Bonchev–Trinajstić information content (AvgIpc) is 2.60. The van der Waals surface area contributed by atoms with Gasteiger partial charge in [-0.1, -0.05) is 42.5 Å². The molecule has 0 saturated heterocycles. The summed E-state index contributed by atoms with van der Waals surface area (Å²) in [5.41, 5.74) is 2.92. The van der Waals surface area contributed by atoms with Gasteiger partial charge in [0.2, 0.25) is 0 Å². The molecule has 0 saturated carbocycles. The van der Waals surface area contributed by atoms with Crippen LogP contribution >= 0.6 is 0 Å². The van der Waals surface area contributed by atoms with E-state index in [1.54, 1.807) is 12.1 Å². The van der Waals surface area contributed by atoms with Crippen molar-refractivity contribution in [1.82, 2.24) is 5.32 Å². The van der Waals surface area contributed by atoms with Gasteiger partial charge >= 0.3 is 12.1 Å². The Bertz CT molecular complexity index is 742. The number of nitrogens with one attached hydrogen (secondary N) is 1. The molecule has 0 bridgehead atoms. The molecule has 2 aromatic carbocycles. The minimum Gasteiger partial charge on any atom is -0.478 e. The van der Waals surface area contributed by atoms with Gasteiger partial charge in [0.25, 0.3) is 0 Å². The number of ether oxygens (including phenoxy) is 1. The summed E-state index contributed by atoms with van der Waals surface area (Å²) in [6, 6.07) is 14.5. The summed E-state index contributed by atoms with van der Waals surface area (Å²) < 4.78 is 5.26. The molecule has 2 aromatic rings. The van der Waals surface area contributed by atoms with Crippen molar-refractivity contribution in [3.63, 3.8) is 0 Å². The quantitative estimate of drug-likeness (QED) is 0.899. The molecule has 1 aliphatic carbocycles. The Morgan fingerprint density at radius 1 is 1.12 bits per heavy atom. The largest absolute Gasteiger partial charge is 0.478 e. The van der Waals surface area contributed by atoms with E-state index in [9.17, 15) is 14.7 Å². The van der Waals surface area contributed by atoms with Gasteiger partial charge in [-0.15, -0.1) is 0 Å². The summed E-state index contributed by atoms with van der Waals surface area (Å²) in [6.07, 6.45) is 1.84. The van der Waals surface area contributed by atoms with Crippen LogP contribution in [0.5, 0.6) is 0 Å². The molecule has 1 unspecified atom stereocenters. The predicted octanol–water partition coefficient (Wildman–Crippen LogP) is 3.69. The second-order valence-electron chi connectivity index (χ2n) is 5.83. The van der Waals surface area contributed by atoms with Crippen LogP contribution < -0.4 is 5.32 Å². The highest BCUT2D eigenvalue weighted by atomic mass is 16.5. The highest BCUT2D eigenvalue weighted by molar-refractivity contribution is 5.90.